The van der Waals surface area contributed by atoms with Gasteiger partial charge < -0.3 is 10.0 Å². The van der Waals surface area contributed by atoms with Crippen molar-refractivity contribution in [3.63, 3.8) is 0 Å². The molecule has 2 aliphatic rings. The van der Waals surface area contributed by atoms with Gasteiger partial charge in [-0.1, -0.05) is 36.4 Å². The fourth-order valence-electron chi connectivity index (χ4n) is 4.75. The molecule has 2 aromatic carbocycles. The predicted octanol–water partition coefficient (Wildman–Crippen LogP) is 4.45. The van der Waals surface area contributed by atoms with E-state index >= 15 is 0 Å². The van der Waals surface area contributed by atoms with Gasteiger partial charge in [-0.15, -0.1) is 0 Å². The minimum atomic E-state index is -0.0702. The molecule has 0 unspecified atom stereocenters. The Bertz CT molecular complexity index is 1120. The van der Waals surface area contributed by atoms with E-state index in [1.165, 1.54) is 30.2 Å². The molecule has 1 aromatic heterocycles. The maximum Gasteiger partial charge on any atom is 0.274 e. The Morgan fingerprint density at radius 1 is 1.06 bits per heavy atom. The van der Waals surface area contributed by atoms with Gasteiger partial charge >= 0.3 is 0 Å². The lowest BCUT2D eigenvalue weighted by Crippen LogP contribution is -2.29. The number of hydrogen-bond acceptors (Lipinski definition) is 4. The van der Waals surface area contributed by atoms with E-state index in [4.69, 9.17) is 0 Å². The summed E-state index contributed by atoms with van der Waals surface area (Å²) in [5.41, 5.74) is 7.08. The molecule has 158 valence electrons. The summed E-state index contributed by atoms with van der Waals surface area (Å²) < 4.78 is 0. The molecule has 5 rings (SSSR count). The summed E-state index contributed by atoms with van der Waals surface area (Å²) in [6.07, 6.45) is 6.60. The highest BCUT2D eigenvalue weighted by atomic mass is 16.3. The van der Waals surface area contributed by atoms with Crippen molar-refractivity contribution in [1.82, 2.24) is 14.9 Å². The highest BCUT2D eigenvalue weighted by Gasteiger charge is 2.30. The molecular weight excluding hydrogens is 386 g/mol. The first-order valence-corrected chi connectivity index (χ1v) is 11.0. The van der Waals surface area contributed by atoms with Crippen molar-refractivity contribution in [2.45, 2.75) is 44.6 Å². The topological polar surface area (TPSA) is 66.3 Å². The van der Waals surface area contributed by atoms with Gasteiger partial charge in [0.2, 0.25) is 0 Å². The number of carbonyl (C=O) groups is 1. The minimum absolute atomic E-state index is 0.00255. The first kappa shape index (κ1) is 19.9. The number of aromatic nitrogens is 2. The zero-order valence-electron chi connectivity index (χ0n) is 17.8. The average Bonchev–Trinajstić information content (AvgIpc) is 3.54. The lowest BCUT2D eigenvalue weighted by molar-refractivity contribution is 0.0784. The van der Waals surface area contributed by atoms with E-state index in [2.05, 4.69) is 52.4 Å². The molecule has 1 amide bonds. The largest absolute Gasteiger partial charge is 0.392 e. The van der Waals surface area contributed by atoms with Crippen LogP contribution in [0.15, 0.2) is 54.9 Å². The molecule has 0 spiro atoms. The Labute approximate surface area is 182 Å². The predicted molar refractivity (Wildman–Crippen MR) is 120 cm³/mol. The summed E-state index contributed by atoms with van der Waals surface area (Å²) in [5.74, 6) is 0.823. The highest BCUT2D eigenvalue weighted by Crippen LogP contribution is 2.44. The van der Waals surface area contributed by atoms with Crippen LogP contribution in [0.2, 0.25) is 0 Å². The fraction of sp³-hybridized carbons (Fsp3) is 0.346. The third-order valence-electron chi connectivity index (χ3n) is 6.49. The van der Waals surface area contributed by atoms with Crippen molar-refractivity contribution in [1.29, 1.82) is 0 Å². The highest BCUT2D eigenvalue weighted by molar-refractivity contribution is 5.92. The zero-order chi connectivity index (χ0) is 21.4. The molecule has 31 heavy (non-hydrogen) atoms. The average molecular weight is 414 g/mol. The second kappa shape index (κ2) is 8.23. The second-order valence-electron chi connectivity index (χ2n) is 8.72. The molecule has 1 aliphatic heterocycles. The maximum absolute atomic E-state index is 12.9. The van der Waals surface area contributed by atoms with Gasteiger partial charge in [0.25, 0.3) is 5.91 Å². The first-order chi connectivity index (χ1) is 15.1. The number of nitrogens with zero attached hydrogens (tertiary/aromatic N) is 3. The number of carbonyl (C=O) groups excluding carboxylic acids is 1. The van der Waals surface area contributed by atoms with Crippen molar-refractivity contribution in [2.75, 3.05) is 13.1 Å². The van der Waals surface area contributed by atoms with E-state index in [1.807, 2.05) is 11.8 Å². The molecule has 2 heterocycles. The van der Waals surface area contributed by atoms with Crippen molar-refractivity contribution >= 4 is 5.91 Å². The number of benzene rings is 2. The molecule has 0 bridgehead atoms. The molecule has 1 aliphatic carbocycles. The fourth-order valence-corrected chi connectivity index (χ4v) is 4.75. The van der Waals surface area contributed by atoms with E-state index in [0.29, 0.717) is 24.7 Å². The standard InChI is InChI=1S/C26H27N3O2/c1-17-13-27-14-25(28-17)26(31)29-11-10-20(15-29)22-9-8-19(12-21(22)16-30)24-5-3-2-4-23(24)18-6-7-18/h2-5,8-9,12-14,18,20,30H,6-7,10-11,15-16H2,1H3/t20-/m1/s1. The third kappa shape index (κ3) is 3.98. The normalized spacial score (nSPS) is 18.4. The molecule has 1 N–H and O–H groups in total. The molecule has 2 fully saturated rings. The Hall–Kier alpha value is -3.05. The summed E-state index contributed by atoms with van der Waals surface area (Å²) in [6, 6.07) is 15.1. The van der Waals surface area contributed by atoms with Gasteiger partial charge in [0.05, 0.1) is 18.5 Å². The van der Waals surface area contributed by atoms with Gasteiger partial charge in [-0.3, -0.25) is 9.78 Å². The van der Waals surface area contributed by atoms with Crippen LogP contribution in [0, 0.1) is 6.92 Å². The van der Waals surface area contributed by atoms with Crippen LogP contribution in [0.1, 0.15) is 64.0 Å². The van der Waals surface area contributed by atoms with Gasteiger partial charge in [-0.25, -0.2) is 4.98 Å². The summed E-state index contributed by atoms with van der Waals surface area (Å²) in [4.78, 5) is 23.1. The van der Waals surface area contributed by atoms with E-state index in [1.54, 1.807) is 6.20 Å². The minimum Gasteiger partial charge on any atom is -0.392 e. The van der Waals surface area contributed by atoms with Gasteiger partial charge in [0.15, 0.2) is 0 Å². The molecule has 0 radical (unpaired) electrons. The number of rotatable bonds is 5. The van der Waals surface area contributed by atoms with Crippen molar-refractivity contribution in [2.24, 2.45) is 0 Å². The Morgan fingerprint density at radius 2 is 1.90 bits per heavy atom. The van der Waals surface area contributed by atoms with Gasteiger partial charge in [-0.05, 0) is 66.0 Å². The lowest BCUT2D eigenvalue weighted by atomic mass is 9.89. The molecule has 1 saturated carbocycles. The third-order valence-corrected chi connectivity index (χ3v) is 6.49. The Morgan fingerprint density at radius 3 is 2.68 bits per heavy atom. The van der Waals surface area contributed by atoms with Gasteiger partial charge in [0.1, 0.15) is 5.69 Å². The lowest BCUT2D eigenvalue weighted by Gasteiger charge is -2.19. The summed E-state index contributed by atoms with van der Waals surface area (Å²) in [5, 5.41) is 10.1. The summed E-state index contributed by atoms with van der Waals surface area (Å²) in [7, 11) is 0. The molecule has 1 atom stereocenters. The Kier molecular flexibility index (Phi) is 5.28. The van der Waals surface area contributed by atoms with E-state index in [-0.39, 0.29) is 18.4 Å². The number of aliphatic hydroxyl groups excluding tert-OH is 1. The van der Waals surface area contributed by atoms with E-state index in [0.717, 1.165) is 28.8 Å². The number of aliphatic hydroxyl groups is 1. The monoisotopic (exact) mass is 413 g/mol. The molecule has 5 nitrogen and oxygen atoms in total. The van der Waals surface area contributed by atoms with Crippen LogP contribution in [0.5, 0.6) is 0 Å². The van der Waals surface area contributed by atoms with E-state index in [9.17, 15) is 9.90 Å². The molecule has 1 saturated heterocycles. The SMILES string of the molecule is Cc1cncc(C(=O)N2CC[C@@H](c3ccc(-c4ccccc4C4CC4)cc3CO)C2)n1. The summed E-state index contributed by atoms with van der Waals surface area (Å²) >= 11 is 0. The van der Waals surface area contributed by atoms with Crippen LogP contribution >= 0.6 is 0 Å². The molecular formula is C26H27N3O2. The van der Waals surface area contributed by atoms with Gasteiger partial charge in [0, 0.05) is 25.2 Å². The zero-order valence-corrected chi connectivity index (χ0v) is 17.8. The first-order valence-electron chi connectivity index (χ1n) is 11.0. The van der Waals surface area contributed by atoms with Gasteiger partial charge in [-0.2, -0.15) is 0 Å². The van der Waals surface area contributed by atoms with Crippen molar-refractivity contribution in [3.05, 3.63) is 82.9 Å². The van der Waals surface area contributed by atoms with E-state index < -0.39 is 0 Å². The molecule has 5 heteroatoms. The van der Waals surface area contributed by atoms with Crippen molar-refractivity contribution < 1.29 is 9.90 Å². The van der Waals surface area contributed by atoms with Crippen LogP contribution in [0.3, 0.4) is 0 Å². The number of hydrogen-bond donors (Lipinski definition) is 1. The second-order valence-corrected chi connectivity index (χ2v) is 8.72. The van der Waals surface area contributed by atoms with Crippen LogP contribution in [-0.2, 0) is 6.61 Å². The van der Waals surface area contributed by atoms with Crippen LogP contribution < -0.4 is 0 Å². The van der Waals surface area contributed by atoms with Crippen LogP contribution in [0.4, 0.5) is 0 Å². The Balaban J connectivity index is 1.38. The smallest absolute Gasteiger partial charge is 0.274 e. The number of likely N-dealkylation sites (tertiary alicyclic amines) is 1. The number of amides is 1. The summed E-state index contributed by atoms with van der Waals surface area (Å²) in [6.45, 7) is 3.17. The quantitative estimate of drug-likeness (QED) is 0.671. The number of aryl methyl sites for hydroxylation is 1. The molecule has 3 aromatic rings. The van der Waals surface area contributed by atoms with Crippen LogP contribution in [0.25, 0.3) is 11.1 Å². The van der Waals surface area contributed by atoms with Crippen LogP contribution in [-0.4, -0.2) is 39.0 Å². The van der Waals surface area contributed by atoms with Crippen molar-refractivity contribution in [3.8, 4) is 11.1 Å². The maximum atomic E-state index is 12.9.